The van der Waals surface area contributed by atoms with Gasteiger partial charge in [-0.15, -0.1) is 0 Å². The van der Waals surface area contributed by atoms with Gasteiger partial charge in [0.25, 0.3) is 6.43 Å². The lowest BCUT2D eigenvalue weighted by Crippen LogP contribution is -2.16. The number of hydrogen-bond donors (Lipinski definition) is 0. The fourth-order valence-corrected chi connectivity index (χ4v) is 2.27. The molecule has 0 bridgehead atoms. The van der Waals surface area contributed by atoms with Crippen LogP contribution in [0.4, 0.5) is 22.0 Å². The monoisotopic (exact) mass is 409 g/mol. The van der Waals surface area contributed by atoms with E-state index >= 15 is 0 Å². The average Bonchev–Trinajstić information content (AvgIpc) is 2.26. The van der Waals surface area contributed by atoms with Crippen LogP contribution >= 0.6 is 22.6 Å². The second-order valence-corrected chi connectivity index (χ2v) is 4.79. The van der Waals surface area contributed by atoms with E-state index in [1.54, 1.807) is 0 Å². The molecule has 20 heavy (non-hydrogen) atoms. The third-order valence-corrected chi connectivity index (χ3v) is 3.11. The summed E-state index contributed by atoms with van der Waals surface area (Å²) >= 11 is 1.36. The van der Waals surface area contributed by atoms with E-state index in [0.717, 1.165) is 0 Å². The molecule has 9 heteroatoms. The molecule has 1 aromatic heterocycles. The topological polar surface area (TPSA) is 39.2 Å². The highest BCUT2D eigenvalue weighted by Crippen LogP contribution is 2.34. The standard InChI is InChI=1S/C11H9F5INO2/c1-2-20-8(19)4-6-9(10(12)13)5(17)3-7(18-6)11(14,15)16/h3,10H,2,4H2,1H3. The van der Waals surface area contributed by atoms with E-state index in [4.69, 9.17) is 0 Å². The zero-order valence-corrected chi connectivity index (χ0v) is 12.3. The summed E-state index contributed by atoms with van der Waals surface area (Å²) in [5.41, 5.74) is -2.60. The molecule has 0 atom stereocenters. The van der Waals surface area contributed by atoms with Gasteiger partial charge in [0.15, 0.2) is 0 Å². The van der Waals surface area contributed by atoms with Crippen molar-refractivity contribution in [1.29, 1.82) is 0 Å². The molecule has 0 radical (unpaired) electrons. The summed E-state index contributed by atoms with van der Waals surface area (Å²) in [6.45, 7) is 1.49. The van der Waals surface area contributed by atoms with Crippen molar-refractivity contribution in [2.45, 2.75) is 25.9 Å². The first kappa shape index (κ1) is 17.1. The molecule has 0 saturated heterocycles. The lowest BCUT2D eigenvalue weighted by molar-refractivity contribution is -0.144. The maximum absolute atomic E-state index is 12.9. The molecule has 0 fully saturated rings. The molecular formula is C11H9F5INO2. The third-order valence-electron chi connectivity index (χ3n) is 2.21. The summed E-state index contributed by atoms with van der Waals surface area (Å²) in [4.78, 5) is 14.4. The Labute approximate surface area is 124 Å². The number of hydrogen-bond acceptors (Lipinski definition) is 3. The quantitative estimate of drug-likeness (QED) is 0.432. The van der Waals surface area contributed by atoms with Gasteiger partial charge in [0.05, 0.1) is 24.3 Å². The Balaban J connectivity index is 3.29. The van der Waals surface area contributed by atoms with Gasteiger partial charge in [0.2, 0.25) is 0 Å². The number of carbonyl (C=O) groups is 1. The number of ether oxygens (including phenoxy) is 1. The number of aromatic nitrogens is 1. The number of alkyl halides is 5. The number of pyridine rings is 1. The Morgan fingerprint density at radius 3 is 2.50 bits per heavy atom. The molecule has 0 aliphatic rings. The van der Waals surface area contributed by atoms with E-state index in [2.05, 4.69) is 9.72 Å². The number of carbonyl (C=O) groups excluding carboxylic acids is 1. The molecule has 0 aliphatic carbocycles. The van der Waals surface area contributed by atoms with Crippen LogP contribution < -0.4 is 0 Å². The Kier molecular flexibility index (Phi) is 5.66. The van der Waals surface area contributed by atoms with Crippen molar-refractivity contribution in [3.63, 3.8) is 0 Å². The van der Waals surface area contributed by atoms with Gasteiger partial charge in [-0.25, -0.2) is 13.8 Å². The fourth-order valence-electron chi connectivity index (χ4n) is 1.43. The zero-order chi connectivity index (χ0) is 15.5. The Morgan fingerprint density at radius 1 is 1.45 bits per heavy atom. The van der Waals surface area contributed by atoms with Gasteiger partial charge < -0.3 is 4.74 Å². The van der Waals surface area contributed by atoms with Crippen molar-refractivity contribution < 1.29 is 31.5 Å². The minimum Gasteiger partial charge on any atom is -0.466 e. The van der Waals surface area contributed by atoms with Crippen LogP contribution in [-0.4, -0.2) is 17.6 Å². The van der Waals surface area contributed by atoms with Gasteiger partial charge in [0.1, 0.15) is 5.69 Å². The second kappa shape index (κ2) is 6.64. The smallest absolute Gasteiger partial charge is 0.433 e. The van der Waals surface area contributed by atoms with Crippen LogP contribution in [0.2, 0.25) is 0 Å². The highest BCUT2D eigenvalue weighted by atomic mass is 127. The maximum Gasteiger partial charge on any atom is 0.433 e. The number of esters is 1. The van der Waals surface area contributed by atoms with E-state index in [-0.39, 0.29) is 10.2 Å². The van der Waals surface area contributed by atoms with Crippen molar-refractivity contribution in [3.05, 3.63) is 26.6 Å². The molecule has 0 spiro atoms. The second-order valence-electron chi connectivity index (χ2n) is 3.63. The zero-order valence-electron chi connectivity index (χ0n) is 10.1. The van der Waals surface area contributed by atoms with Crippen LogP contribution in [0.5, 0.6) is 0 Å². The maximum atomic E-state index is 12.9. The first-order chi connectivity index (χ1) is 9.16. The number of nitrogens with zero attached hydrogens (tertiary/aromatic N) is 1. The summed E-state index contributed by atoms with van der Waals surface area (Å²) < 4.78 is 67.8. The van der Waals surface area contributed by atoms with E-state index in [1.165, 1.54) is 29.5 Å². The van der Waals surface area contributed by atoms with Crippen molar-refractivity contribution >= 4 is 28.6 Å². The van der Waals surface area contributed by atoms with Crippen LogP contribution in [0, 0.1) is 3.57 Å². The Bertz CT molecular complexity index is 504. The molecule has 0 unspecified atom stereocenters. The summed E-state index contributed by atoms with van der Waals surface area (Å²) in [7, 11) is 0. The molecule has 0 aliphatic heterocycles. The van der Waals surface area contributed by atoms with Gasteiger partial charge in [-0.2, -0.15) is 13.2 Å². The summed E-state index contributed by atoms with van der Waals surface area (Å²) in [5, 5.41) is 0. The first-order valence-corrected chi connectivity index (χ1v) is 6.45. The van der Waals surface area contributed by atoms with Gasteiger partial charge in [0, 0.05) is 3.57 Å². The molecule has 1 aromatic rings. The Hall–Kier alpha value is -1.00. The molecule has 0 saturated carbocycles. The lowest BCUT2D eigenvalue weighted by Gasteiger charge is -2.14. The highest BCUT2D eigenvalue weighted by Gasteiger charge is 2.35. The van der Waals surface area contributed by atoms with Crippen molar-refractivity contribution in [1.82, 2.24) is 4.98 Å². The predicted octanol–water partition coefficient (Wildman–Crippen LogP) is 3.75. The van der Waals surface area contributed by atoms with Crippen molar-refractivity contribution in [2.75, 3.05) is 6.61 Å². The van der Waals surface area contributed by atoms with E-state index in [1.807, 2.05) is 0 Å². The summed E-state index contributed by atoms with van der Waals surface area (Å²) in [6, 6.07) is 0.525. The van der Waals surface area contributed by atoms with Crippen LogP contribution in [0.3, 0.4) is 0 Å². The van der Waals surface area contributed by atoms with Gasteiger partial charge in [-0.1, -0.05) is 0 Å². The van der Waals surface area contributed by atoms with Crippen LogP contribution in [0.1, 0.15) is 30.3 Å². The van der Waals surface area contributed by atoms with Crippen molar-refractivity contribution in [2.24, 2.45) is 0 Å². The van der Waals surface area contributed by atoms with Crippen molar-refractivity contribution in [3.8, 4) is 0 Å². The summed E-state index contributed by atoms with van der Waals surface area (Å²) in [5.74, 6) is -0.906. The van der Waals surface area contributed by atoms with E-state index < -0.39 is 41.9 Å². The average molecular weight is 409 g/mol. The Morgan fingerprint density at radius 2 is 2.05 bits per heavy atom. The minimum atomic E-state index is -4.77. The van der Waals surface area contributed by atoms with Gasteiger partial charge in [-0.05, 0) is 35.6 Å². The number of halogens is 6. The third kappa shape index (κ3) is 4.25. The fraction of sp³-hybridized carbons (Fsp3) is 0.455. The highest BCUT2D eigenvalue weighted by molar-refractivity contribution is 14.1. The molecule has 0 N–H and O–H groups in total. The van der Waals surface area contributed by atoms with Crippen LogP contribution in [-0.2, 0) is 22.1 Å². The van der Waals surface area contributed by atoms with Crippen LogP contribution in [0.25, 0.3) is 0 Å². The van der Waals surface area contributed by atoms with Gasteiger partial charge in [-0.3, -0.25) is 4.79 Å². The molecule has 112 valence electrons. The van der Waals surface area contributed by atoms with Crippen LogP contribution in [0.15, 0.2) is 6.07 Å². The largest absolute Gasteiger partial charge is 0.466 e. The normalized spacial score (nSPS) is 11.8. The molecule has 0 amide bonds. The lowest BCUT2D eigenvalue weighted by atomic mass is 10.1. The summed E-state index contributed by atoms with van der Waals surface area (Å²) in [6.07, 6.45) is -8.53. The first-order valence-electron chi connectivity index (χ1n) is 5.37. The van der Waals surface area contributed by atoms with E-state index in [0.29, 0.717) is 6.07 Å². The molecule has 1 heterocycles. The predicted molar refractivity (Wildman–Crippen MR) is 67.2 cm³/mol. The molecular weight excluding hydrogens is 400 g/mol. The SMILES string of the molecule is CCOC(=O)Cc1nc(C(F)(F)F)cc(I)c1C(F)F. The molecule has 1 rings (SSSR count). The minimum absolute atomic E-state index is 0.00109. The van der Waals surface area contributed by atoms with E-state index in [9.17, 15) is 26.7 Å². The molecule has 3 nitrogen and oxygen atoms in total. The molecule has 0 aromatic carbocycles. The number of rotatable bonds is 4. The van der Waals surface area contributed by atoms with Gasteiger partial charge >= 0.3 is 12.1 Å².